The van der Waals surface area contributed by atoms with Gasteiger partial charge in [-0.05, 0) is 26.8 Å². The molecule has 0 aromatic heterocycles. The lowest BCUT2D eigenvalue weighted by atomic mass is 10.1. The van der Waals surface area contributed by atoms with Crippen molar-refractivity contribution < 1.29 is 22.8 Å². The fraction of sp³-hybridized carbons (Fsp3) is 0.455. The maximum atomic E-state index is 12.3. The molecule has 0 atom stereocenters. The molecule has 0 saturated carbocycles. The number of non-ortho nitro benzene ring substituents is 1. The summed E-state index contributed by atoms with van der Waals surface area (Å²) in [4.78, 5) is 9.78. The SMILES string of the molecule is CC(C)(C)Nc1ccc([N+](=O)[O-])cc1OC(F)(F)F. The van der Waals surface area contributed by atoms with Crippen LogP contribution in [0.5, 0.6) is 5.75 Å². The van der Waals surface area contributed by atoms with Crippen molar-refractivity contribution in [2.75, 3.05) is 5.32 Å². The lowest BCUT2D eigenvalue weighted by molar-refractivity contribution is -0.385. The lowest BCUT2D eigenvalue weighted by Gasteiger charge is -2.24. The van der Waals surface area contributed by atoms with E-state index >= 15 is 0 Å². The molecule has 0 radical (unpaired) electrons. The van der Waals surface area contributed by atoms with E-state index in [1.807, 2.05) is 0 Å². The fourth-order valence-corrected chi connectivity index (χ4v) is 1.34. The van der Waals surface area contributed by atoms with Gasteiger partial charge in [0.05, 0.1) is 16.7 Å². The summed E-state index contributed by atoms with van der Waals surface area (Å²) in [7, 11) is 0. The standard InChI is InChI=1S/C11H13F3N2O3/c1-10(2,3)15-8-5-4-7(16(17)18)6-9(8)19-11(12,13)14/h4-6,15H,1-3H3. The third-order valence-corrected chi connectivity index (χ3v) is 1.91. The Morgan fingerprint density at radius 1 is 1.26 bits per heavy atom. The van der Waals surface area contributed by atoms with Crippen LogP contribution >= 0.6 is 0 Å². The highest BCUT2D eigenvalue weighted by atomic mass is 19.4. The number of rotatable bonds is 3. The smallest absolute Gasteiger partial charge is 0.403 e. The minimum Gasteiger partial charge on any atom is -0.403 e. The van der Waals surface area contributed by atoms with Crippen molar-refractivity contribution in [3.8, 4) is 5.75 Å². The Hall–Kier alpha value is -1.99. The van der Waals surface area contributed by atoms with Gasteiger partial charge in [-0.1, -0.05) is 0 Å². The third-order valence-electron chi connectivity index (χ3n) is 1.91. The van der Waals surface area contributed by atoms with Gasteiger partial charge in [-0.2, -0.15) is 0 Å². The maximum Gasteiger partial charge on any atom is 0.573 e. The molecule has 8 heteroatoms. The predicted molar refractivity (Wildman–Crippen MR) is 63.2 cm³/mol. The Labute approximate surface area is 107 Å². The topological polar surface area (TPSA) is 64.4 Å². The normalized spacial score (nSPS) is 12.1. The molecule has 0 saturated heterocycles. The van der Waals surface area contributed by atoms with Gasteiger partial charge in [0, 0.05) is 11.6 Å². The molecule has 1 N–H and O–H groups in total. The molecule has 0 amide bonds. The van der Waals surface area contributed by atoms with Gasteiger partial charge in [-0.25, -0.2) is 0 Å². The van der Waals surface area contributed by atoms with Crippen molar-refractivity contribution in [2.45, 2.75) is 32.7 Å². The van der Waals surface area contributed by atoms with Crippen molar-refractivity contribution in [3.63, 3.8) is 0 Å². The Balaban J connectivity index is 3.19. The Morgan fingerprint density at radius 3 is 2.26 bits per heavy atom. The highest BCUT2D eigenvalue weighted by molar-refractivity contribution is 5.61. The second-order valence-electron chi connectivity index (χ2n) is 4.86. The van der Waals surface area contributed by atoms with Crippen LogP contribution in [0.3, 0.4) is 0 Å². The number of nitrogens with one attached hydrogen (secondary N) is 1. The van der Waals surface area contributed by atoms with E-state index in [-0.39, 0.29) is 5.69 Å². The zero-order valence-electron chi connectivity index (χ0n) is 10.5. The van der Waals surface area contributed by atoms with E-state index in [1.54, 1.807) is 20.8 Å². The number of benzene rings is 1. The average Bonchev–Trinajstić information content (AvgIpc) is 2.15. The van der Waals surface area contributed by atoms with Crippen LogP contribution in [0.25, 0.3) is 0 Å². The summed E-state index contributed by atoms with van der Waals surface area (Å²) in [5.74, 6) is -0.628. The van der Waals surface area contributed by atoms with E-state index in [1.165, 1.54) is 6.07 Å². The molecule has 0 heterocycles. The van der Waals surface area contributed by atoms with Crippen molar-refractivity contribution in [2.24, 2.45) is 0 Å². The van der Waals surface area contributed by atoms with Gasteiger partial charge in [0.1, 0.15) is 0 Å². The summed E-state index contributed by atoms with van der Waals surface area (Å²) < 4.78 is 40.6. The van der Waals surface area contributed by atoms with Crippen LogP contribution in [0.4, 0.5) is 24.5 Å². The van der Waals surface area contributed by atoms with Gasteiger partial charge in [-0.3, -0.25) is 10.1 Å². The van der Waals surface area contributed by atoms with Crippen molar-refractivity contribution in [1.82, 2.24) is 0 Å². The summed E-state index contributed by atoms with van der Waals surface area (Å²) in [6.07, 6.45) is -4.91. The quantitative estimate of drug-likeness (QED) is 0.676. The van der Waals surface area contributed by atoms with Crippen LogP contribution in [0.15, 0.2) is 18.2 Å². The summed E-state index contributed by atoms with van der Waals surface area (Å²) >= 11 is 0. The molecule has 0 bridgehead atoms. The summed E-state index contributed by atoms with van der Waals surface area (Å²) in [5, 5.41) is 13.4. The molecule has 0 fully saturated rings. The van der Waals surface area contributed by atoms with E-state index in [0.29, 0.717) is 0 Å². The number of nitro benzene ring substituents is 1. The molecule has 0 spiro atoms. The number of ether oxygens (including phenoxy) is 1. The first kappa shape index (κ1) is 15.1. The zero-order valence-corrected chi connectivity index (χ0v) is 10.5. The third kappa shape index (κ3) is 5.02. The van der Waals surface area contributed by atoms with Crippen molar-refractivity contribution in [3.05, 3.63) is 28.3 Å². The maximum absolute atomic E-state index is 12.3. The molecular formula is C11H13F3N2O3. The first-order valence-corrected chi connectivity index (χ1v) is 5.30. The van der Waals surface area contributed by atoms with Gasteiger partial charge in [0.2, 0.25) is 0 Å². The summed E-state index contributed by atoms with van der Waals surface area (Å²) in [6, 6.07) is 3.03. The van der Waals surface area contributed by atoms with Crippen LogP contribution in [-0.2, 0) is 0 Å². The number of nitro groups is 1. The highest BCUT2D eigenvalue weighted by Gasteiger charge is 2.33. The second kappa shape index (κ2) is 4.94. The largest absolute Gasteiger partial charge is 0.573 e. The number of hydrogen-bond acceptors (Lipinski definition) is 4. The van der Waals surface area contributed by atoms with E-state index in [0.717, 1.165) is 12.1 Å². The van der Waals surface area contributed by atoms with E-state index < -0.39 is 28.3 Å². The molecule has 1 aromatic rings. The Bertz CT molecular complexity index is 481. The predicted octanol–water partition coefficient (Wildman–Crippen LogP) is 3.70. The number of anilines is 1. The molecule has 5 nitrogen and oxygen atoms in total. The molecule has 106 valence electrons. The van der Waals surface area contributed by atoms with E-state index in [4.69, 9.17) is 0 Å². The number of halogens is 3. The van der Waals surface area contributed by atoms with Crippen LogP contribution < -0.4 is 10.1 Å². The summed E-state index contributed by atoms with van der Waals surface area (Å²) in [6.45, 7) is 5.23. The first-order valence-electron chi connectivity index (χ1n) is 5.30. The van der Waals surface area contributed by atoms with Gasteiger partial charge in [-0.15, -0.1) is 13.2 Å². The molecular weight excluding hydrogens is 265 g/mol. The zero-order chi connectivity index (χ0) is 14.8. The monoisotopic (exact) mass is 278 g/mol. The molecule has 0 unspecified atom stereocenters. The number of nitrogens with zero attached hydrogens (tertiary/aromatic N) is 1. The van der Waals surface area contributed by atoms with Crippen LogP contribution in [0.1, 0.15) is 20.8 Å². The average molecular weight is 278 g/mol. The van der Waals surface area contributed by atoms with E-state index in [9.17, 15) is 23.3 Å². The lowest BCUT2D eigenvalue weighted by Crippen LogP contribution is -2.27. The number of alkyl halides is 3. The van der Waals surface area contributed by atoms with Gasteiger partial charge >= 0.3 is 6.36 Å². The van der Waals surface area contributed by atoms with Crippen LogP contribution in [-0.4, -0.2) is 16.8 Å². The second-order valence-corrected chi connectivity index (χ2v) is 4.86. The van der Waals surface area contributed by atoms with Crippen molar-refractivity contribution >= 4 is 11.4 Å². The van der Waals surface area contributed by atoms with Crippen molar-refractivity contribution in [1.29, 1.82) is 0 Å². The number of hydrogen-bond donors (Lipinski definition) is 1. The molecule has 0 aliphatic carbocycles. The van der Waals surface area contributed by atoms with E-state index in [2.05, 4.69) is 10.1 Å². The molecule has 1 rings (SSSR count). The molecule has 0 aliphatic rings. The van der Waals surface area contributed by atoms with Gasteiger partial charge in [0.15, 0.2) is 5.75 Å². The Kier molecular flexibility index (Phi) is 3.92. The van der Waals surface area contributed by atoms with Gasteiger partial charge < -0.3 is 10.1 Å². The summed E-state index contributed by atoms with van der Waals surface area (Å²) in [5.41, 5.74) is -0.950. The fourth-order valence-electron chi connectivity index (χ4n) is 1.34. The highest BCUT2D eigenvalue weighted by Crippen LogP contribution is 2.34. The van der Waals surface area contributed by atoms with Crippen LogP contribution in [0, 0.1) is 10.1 Å². The Morgan fingerprint density at radius 2 is 1.84 bits per heavy atom. The van der Waals surface area contributed by atoms with Crippen LogP contribution in [0.2, 0.25) is 0 Å². The molecule has 19 heavy (non-hydrogen) atoms. The molecule has 1 aromatic carbocycles. The minimum absolute atomic E-state index is 0.0374. The first-order chi connectivity index (χ1) is 8.48. The van der Waals surface area contributed by atoms with Gasteiger partial charge in [0.25, 0.3) is 5.69 Å². The molecule has 0 aliphatic heterocycles. The minimum atomic E-state index is -4.91.